The highest BCUT2D eigenvalue weighted by Crippen LogP contribution is 2.29. The van der Waals surface area contributed by atoms with Crippen molar-refractivity contribution in [3.63, 3.8) is 0 Å². The number of benzene rings is 1. The Morgan fingerprint density at radius 2 is 2.16 bits per heavy atom. The summed E-state index contributed by atoms with van der Waals surface area (Å²) in [6, 6.07) is 6.26. The van der Waals surface area contributed by atoms with Crippen molar-refractivity contribution in [1.82, 2.24) is 4.98 Å². The minimum Gasteiger partial charge on any atom is -0.321 e. The van der Waals surface area contributed by atoms with Crippen LogP contribution in [-0.2, 0) is 0 Å². The van der Waals surface area contributed by atoms with Gasteiger partial charge < -0.3 is 4.90 Å². The first-order valence-corrected chi connectivity index (χ1v) is 7.30. The second-order valence-corrected chi connectivity index (χ2v) is 5.52. The maximum absolute atomic E-state index is 11.5. The van der Waals surface area contributed by atoms with Crippen LogP contribution in [0.1, 0.15) is 21.6 Å². The molecular weight excluding hydrogens is 280 g/mol. The molecule has 1 aromatic heterocycles. The van der Waals surface area contributed by atoms with E-state index in [0.717, 1.165) is 10.8 Å². The lowest BCUT2D eigenvalue weighted by Gasteiger charge is -2.18. The van der Waals surface area contributed by atoms with Gasteiger partial charge in [0.25, 0.3) is 0 Å². The molecule has 3 nitrogen and oxygen atoms in total. The van der Waals surface area contributed by atoms with Crippen molar-refractivity contribution in [3.05, 3.63) is 40.4 Å². The van der Waals surface area contributed by atoms with E-state index in [0.29, 0.717) is 5.69 Å². The third kappa shape index (κ3) is 2.96. The van der Waals surface area contributed by atoms with E-state index in [1.165, 1.54) is 22.5 Å². The standard InChI is InChI=1S/C14H15ClN2OS/c1-9-4-5-12(10(2)6-9)17(3)14-16-11(8-19-14)13(18)7-15/h4-6,8H,7H2,1-3H3. The Morgan fingerprint density at radius 1 is 1.42 bits per heavy atom. The van der Waals surface area contributed by atoms with E-state index >= 15 is 0 Å². The molecule has 0 unspecified atom stereocenters. The van der Waals surface area contributed by atoms with Crippen molar-refractivity contribution in [2.45, 2.75) is 13.8 Å². The van der Waals surface area contributed by atoms with Gasteiger partial charge in [0.2, 0.25) is 0 Å². The molecule has 1 aromatic carbocycles. The summed E-state index contributed by atoms with van der Waals surface area (Å²) in [6.45, 7) is 4.13. The lowest BCUT2D eigenvalue weighted by Crippen LogP contribution is -2.11. The SMILES string of the molecule is Cc1ccc(N(C)c2nc(C(=O)CCl)cs2)c(C)c1. The molecule has 100 valence electrons. The van der Waals surface area contributed by atoms with Gasteiger partial charge in [-0.2, -0.15) is 0 Å². The van der Waals surface area contributed by atoms with Gasteiger partial charge in [-0.15, -0.1) is 22.9 Å². The predicted molar refractivity (Wildman–Crippen MR) is 81.1 cm³/mol. The first-order chi connectivity index (χ1) is 9.02. The van der Waals surface area contributed by atoms with Crippen LogP contribution in [0.2, 0.25) is 0 Å². The van der Waals surface area contributed by atoms with Gasteiger partial charge in [-0.1, -0.05) is 17.7 Å². The number of nitrogens with zero attached hydrogens (tertiary/aromatic N) is 2. The van der Waals surface area contributed by atoms with Crippen LogP contribution in [0.4, 0.5) is 10.8 Å². The third-order valence-electron chi connectivity index (χ3n) is 2.90. The number of thiazole rings is 1. The van der Waals surface area contributed by atoms with Crippen molar-refractivity contribution in [2.24, 2.45) is 0 Å². The summed E-state index contributed by atoms with van der Waals surface area (Å²) < 4.78 is 0. The van der Waals surface area contributed by atoms with Gasteiger partial charge in [0.15, 0.2) is 10.9 Å². The second-order valence-electron chi connectivity index (χ2n) is 4.42. The smallest absolute Gasteiger partial charge is 0.196 e. The maximum Gasteiger partial charge on any atom is 0.196 e. The van der Waals surface area contributed by atoms with Crippen LogP contribution in [0.25, 0.3) is 0 Å². The molecule has 0 N–H and O–H groups in total. The molecule has 0 bridgehead atoms. The Morgan fingerprint density at radius 3 is 2.79 bits per heavy atom. The molecule has 0 aliphatic rings. The molecule has 2 aromatic rings. The number of halogens is 1. The molecule has 0 saturated heterocycles. The predicted octanol–water partition coefficient (Wildman–Crippen LogP) is 3.95. The molecule has 19 heavy (non-hydrogen) atoms. The number of aromatic nitrogens is 1. The quantitative estimate of drug-likeness (QED) is 0.632. The van der Waals surface area contributed by atoms with E-state index in [-0.39, 0.29) is 11.7 Å². The molecular formula is C14H15ClN2OS. The molecule has 0 aliphatic heterocycles. The molecule has 0 spiro atoms. The normalized spacial score (nSPS) is 10.5. The molecule has 1 heterocycles. The van der Waals surface area contributed by atoms with Crippen LogP contribution in [0.5, 0.6) is 0 Å². The number of hydrogen-bond acceptors (Lipinski definition) is 4. The number of ketones is 1. The average Bonchev–Trinajstić information content (AvgIpc) is 2.86. The highest BCUT2D eigenvalue weighted by molar-refractivity contribution is 7.14. The summed E-state index contributed by atoms with van der Waals surface area (Å²) in [6.07, 6.45) is 0. The number of alkyl halides is 1. The number of anilines is 2. The zero-order valence-electron chi connectivity index (χ0n) is 11.1. The molecule has 0 atom stereocenters. The average molecular weight is 295 g/mol. The van der Waals surface area contributed by atoms with Crippen molar-refractivity contribution in [1.29, 1.82) is 0 Å². The lowest BCUT2D eigenvalue weighted by molar-refractivity contribution is 0.101. The van der Waals surface area contributed by atoms with Gasteiger partial charge in [-0.25, -0.2) is 4.98 Å². The van der Waals surface area contributed by atoms with E-state index in [1.807, 2.05) is 11.9 Å². The van der Waals surface area contributed by atoms with Crippen LogP contribution < -0.4 is 4.90 Å². The van der Waals surface area contributed by atoms with E-state index in [1.54, 1.807) is 5.38 Å². The monoisotopic (exact) mass is 294 g/mol. The summed E-state index contributed by atoms with van der Waals surface area (Å²) in [5.74, 6) is -0.172. The van der Waals surface area contributed by atoms with Crippen LogP contribution in [0.15, 0.2) is 23.6 Å². The highest BCUT2D eigenvalue weighted by atomic mass is 35.5. The van der Waals surface area contributed by atoms with E-state index < -0.39 is 0 Å². The molecule has 0 saturated carbocycles. The van der Waals surface area contributed by atoms with Gasteiger partial charge in [-0.05, 0) is 25.5 Å². The minimum atomic E-state index is -0.141. The second kappa shape index (κ2) is 5.72. The zero-order chi connectivity index (χ0) is 14.0. The van der Waals surface area contributed by atoms with Crippen LogP contribution in [0, 0.1) is 13.8 Å². The Labute approximate surface area is 121 Å². The fourth-order valence-electron chi connectivity index (χ4n) is 1.90. The molecule has 0 amide bonds. The summed E-state index contributed by atoms with van der Waals surface area (Å²) >= 11 is 6.98. The minimum absolute atomic E-state index is 0.0313. The summed E-state index contributed by atoms with van der Waals surface area (Å²) in [5, 5.41) is 2.54. The van der Waals surface area contributed by atoms with Gasteiger partial charge in [0, 0.05) is 18.1 Å². The molecule has 0 aliphatic carbocycles. The van der Waals surface area contributed by atoms with Crippen LogP contribution in [-0.4, -0.2) is 23.7 Å². The van der Waals surface area contributed by atoms with Crippen molar-refractivity contribution >= 4 is 39.5 Å². The largest absolute Gasteiger partial charge is 0.321 e. The summed E-state index contributed by atoms with van der Waals surface area (Å²) in [7, 11) is 1.95. The number of aryl methyl sites for hydroxylation is 2. The topological polar surface area (TPSA) is 33.2 Å². The Kier molecular flexibility index (Phi) is 4.22. The lowest BCUT2D eigenvalue weighted by atomic mass is 10.1. The number of Topliss-reactive ketones (excluding diaryl/α,β-unsaturated/α-hetero) is 1. The first-order valence-electron chi connectivity index (χ1n) is 5.88. The molecule has 0 fully saturated rings. The third-order valence-corrected chi connectivity index (χ3v) is 4.06. The van der Waals surface area contributed by atoms with Crippen molar-refractivity contribution in [3.8, 4) is 0 Å². The van der Waals surface area contributed by atoms with Gasteiger partial charge >= 0.3 is 0 Å². The number of rotatable bonds is 4. The summed E-state index contributed by atoms with van der Waals surface area (Å²) in [5.41, 5.74) is 3.94. The van der Waals surface area contributed by atoms with Gasteiger partial charge in [0.05, 0.1) is 5.88 Å². The Balaban J connectivity index is 2.31. The first kappa shape index (κ1) is 14.0. The highest BCUT2D eigenvalue weighted by Gasteiger charge is 2.14. The van der Waals surface area contributed by atoms with E-state index in [2.05, 4.69) is 37.0 Å². The molecule has 5 heteroatoms. The fourth-order valence-corrected chi connectivity index (χ4v) is 2.85. The van der Waals surface area contributed by atoms with Crippen molar-refractivity contribution < 1.29 is 4.79 Å². The maximum atomic E-state index is 11.5. The number of carbonyl (C=O) groups is 1. The van der Waals surface area contributed by atoms with Gasteiger partial charge in [0.1, 0.15) is 5.69 Å². The number of carbonyl (C=O) groups excluding carboxylic acids is 1. The summed E-state index contributed by atoms with van der Waals surface area (Å²) in [4.78, 5) is 17.8. The Bertz CT molecular complexity index is 609. The van der Waals surface area contributed by atoms with Crippen LogP contribution >= 0.6 is 22.9 Å². The Hall–Kier alpha value is -1.39. The van der Waals surface area contributed by atoms with E-state index in [9.17, 15) is 4.79 Å². The zero-order valence-corrected chi connectivity index (χ0v) is 12.7. The molecule has 2 rings (SSSR count). The van der Waals surface area contributed by atoms with Gasteiger partial charge in [-0.3, -0.25) is 4.79 Å². The van der Waals surface area contributed by atoms with Crippen LogP contribution in [0.3, 0.4) is 0 Å². The molecule has 0 radical (unpaired) electrons. The van der Waals surface area contributed by atoms with E-state index in [4.69, 9.17) is 11.6 Å². The fraction of sp³-hybridized carbons (Fsp3) is 0.286. The number of hydrogen-bond donors (Lipinski definition) is 0. The van der Waals surface area contributed by atoms with Crippen molar-refractivity contribution in [2.75, 3.05) is 17.8 Å².